The molecule has 4 heteroatoms. The Morgan fingerprint density at radius 1 is 1.35 bits per heavy atom. The fraction of sp³-hybridized carbons (Fsp3) is 0.562. The third kappa shape index (κ3) is 3.40. The summed E-state index contributed by atoms with van der Waals surface area (Å²) in [7, 11) is 0. The van der Waals surface area contributed by atoms with E-state index in [1.807, 2.05) is 17.8 Å². The highest BCUT2D eigenvalue weighted by Crippen LogP contribution is 2.34. The van der Waals surface area contributed by atoms with E-state index in [-0.39, 0.29) is 0 Å². The van der Waals surface area contributed by atoms with Crippen LogP contribution in [0.4, 0.5) is 0 Å². The molecule has 1 aromatic rings. The molecule has 0 saturated carbocycles. The lowest BCUT2D eigenvalue weighted by molar-refractivity contribution is -0.119. The van der Waals surface area contributed by atoms with E-state index >= 15 is 0 Å². The molecule has 0 amide bonds. The third-order valence-electron chi connectivity index (χ3n) is 4.07. The van der Waals surface area contributed by atoms with E-state index in [0.717, 1.165) is 35.2 Å². The van der Waals surface area contributed by atoms with Gasteiger partial charge in [-0.1, -0.05) is 15.9 Å². The second-order valence-electron chi connectivity index (χ2n) is 5.63. The molecule has 20 heavy (non-hydrogen) atoms. The van der Waals surface area contributed by atoms with Gasteiger partial charge in [0.15, 0.2) is 0 Å². The first-order valence-corrected chi connectivity index (χ1v) is 9.20. The first-order valence-electron chi connectivity index (χ1n) is 7.26. The molecule has 1 aromatic carbocycles. The molecule has 0 bridgehead atoms. The van der Waals surface area contributed by atoms with Gasteiger partial charge in [0.1, 0.15) is 11.5 Å². The van der Waals surface area contributed by atoms with Crippen molar-refractivity contribution in [1.29, 1.82) is 0 Å². The van der Waals surface area contributed by atoms with Gasteiger partial charge in [0.05, 0.1) is 6.61 Å². The standard InChI is InChI=1S/C16H19BrO2S/c17-14-8-12-1-4-19-16(12)13(9-14)10-15(18)7-11-2-5-20-6-3-11/h8-9,11H,1-7,10H2. The van der Waals surface area contributed by atoms with Gasteiger partial charge in [0.25, 0.3) is 0 Å². The highest BCUT2D eigenvalue weighted by Gasteiger charge is 2.21. The zero-order valence-electron chi connectivity index (χ0n) is 11.5. The second kappa shape index (κ2) is 6.52. The molecule has 2 nitrogen and oxygen atoms in total. The summed E-state index contributed by atoms with van der Waals surface area (Å²) in [6.07, 6.45) is 4.61. The van der Waals surface area contributed by atoms with E-state index in [2.05, 4.69) is 22.0 Å². The molecule has 1 saturated heterocycles. The molecule has 0 radical (unpaired) electrons. The summed E-state index contributed by atoms with van der Waals surface area (Å²) in [5.41, 5.74) is 2.29. The summed E-state index contributed by atoms with van der Waals surface area (Å²) in [4.78, 5) is 12.3. The molecule has 0 unspecified atom stereocenters. The highest BCUT2D eigenvalue weighted by atomic mass is 79.9. The van der Waals surface area contributed by atoms with Crippen LogP contribution in [0.1, 0.15) is 30.4 Å². The van der Waals surface area contributed by atoms with Gasteiger partial charge >= 0.3 is 0 Å². The zero-order chi connectivity index (χ0) is 13.9. The molecule has 0 aromatic heterocycles. The molecule has 0 atom stereocenters. The van der Waals surface area contributed by atoms with Gasteiger partial charge in [-0.25, -0.2) is 0 Å². The first-order chi connectivity index (χ1) is 9.72. The quantitative estimate of drug-likeness (QED) is 0.816. The van der Waals surface area contributed by atoms with Crippen molar-refractivity contribution in [3.05, 3.63) is 27.7 Å². The number of benzene rings is 1. The van der Waals surface area contributed by atoms with Crippen LogP contribution in [0, 0.1) is 5.92 Å². The molecule has 2 aliphatic rings. The number of ether oxygens (including phenoxy) is 1. The fourth-order valence-electron chi connectivity index (χ4n) is 3.03. The van der Waals surface area contributed by atoms with E-state index in [0.29, 0.717) is 18.1 Å². The summed E-state index contributed by atoms with van der Waals surface area (Å²) in [5, 5.41) is 0. The zero-order valence-corrected chi connectivity index (χ0v) is 13.9. The SMILES string of the molecule is O=C(Cc1cc(Br)cc2c1OCC2)CC1CCSCC1. The van der Waals surface area contributed by atoms with E-state index < -0.39 is 0 Å². The van der Waals surface area contributed by atoms with Crippen molar-refractivity contribution < 1.29 is 9.53 Å². The number of rotatable bonds is 4. The van der Waals surface area contributed by atoms with Gasteiger partial charge in [-0.15, -0.1) is 0 Å². The minimum absolute atomic E-state index is 0.359. The molecule has 3 rings (SSSR count). The Balaban J connectivity index is 1.66. The number of carbonyl (C=O) groups is 1. The van der Waals surface area contributed by atoms with Crippen molar-refractivity contribution in [2.24, 2.45) is 5.92 Å². The van der Waals surface area contributed by atoms with Crippen LogP contribution in [0.3, 0.4) is 0 Å². The van der Waals surface area contributed by atoms with Crippen LogP contribution in [0.2, 0.25) is 0 Å². The van der Waals surface area contributed by atoms with E-state index in [1.54, 1.807) is 0 Å². The molecular weight excluding hydrogens is 336 g/mol. The smallest absolute Gasteiger partial charge is 0.137 e. The Morgan fingerprint density at radius 2 is 2.15 bits per heavy atom. The first kappa shape index (κ1) is 14.5. The fourth-order valence-corrected chi connectivity index (χ4v) is 4.79. The normalized spacial score (nSPS) is 18.6. The maximum atomic E-state index is 12.3. The van der Waals surface area contributed by atoms with Crippen molar-refractivity contribution in [1.82, 2.24) is 0 Å². The maximum Gasteiger partial charge on any atom is 0.137 e. The van der Waals surface area contributed by atoms with Gasteiger partial charge in [-0.3, -0.25) is 4.79 Å². The van der Waals surface area contributed by atoms with Crippen LogP contribution >= 0.6 is 27.7 Å². The van der Waals surface area contributed by atoms with Crippen molar-refractivity contribution in [2.45, 2.75) is 32.1 Å². The number of hydrogen-bond acceptors (Lipinski definition) is 3. The van der Waals surface area contributed by atoms with Crippen molar-refractivity contribution in [2.75, 3.05) is 18.1 Å². The van der Waals surface area contributed by atoms with Gasteiger partial charge in [0, 0.05) is 29.3 Å². The van der Waals surface area contributed by atoms with Crippen molar-refractivity contribution in [3.8, 4) is 5.75 Å². The van der Waals surface area contributed by atoms with Crippen LogP contribution in [-0.2, 0) is 17.6 Å². The largest absolute Gasteiger partial charge is 0.493 e. The predicted molar refractivity (Wildman–Crippen MR) is 86.7 cm³/mol. The second-order valence-corrected chi connectivity index (χ2v) is 7.77. The predicted octanol–water partition coefficient (Wildman–Crippen LogP) is 4.03. The topological polar surface area (TPSA) is 26.3 Å². The number of halogens is 1. The summed E-state index contributed by atoms with van der Waals surface area (Å²) in [6, 6.07) is 4.15. The summed E-state index contributed by atoms with van der Waals surface area (Å²) >= 11 is 5.55. The average Bonchev–Trinajstić information content (AvgIpc) is 2.88. The van der Waals surface area contributed by atoms with E-state index in [1.165, 1.54) is 29.9 Å². The number of hydrogen-bond donors (Lipinski definition) is 0. The van der Waals surface area contributed by atoms with Crippen LogP contribution in [-0.4, -0.2) is 23.9 Å². The highest BCUT2D eigenvalue weighted by molar-refractivity contribution is 9.10. The minimum atomic E-state index is 0.359. The number of Topliss-reactive ketones (excluding diaryl/α,β-unsaturated/α-hetero) is 1. The molecular formula is C16H19BrO2S. The van der Waals surface area contributed by atoms with E-state index in [4.69, 9.17) is 4.74 Å². The Hall–Kier alpha value is -0.480. The number of carbonyl (C=O) groups excluding carboxylic acids is 1. The molecule has 2 aliphatic heterocycles. The maximum absolute atomic E-state index is 12.3. The molecule has 1 fully saturated rings. The average molecular weight is 355 g/mol. The van der Waals surface area contributed by atoms with Gasteiger partial charge < -0.3 is 4.74 Å². The Morgan fingerprint density at radius 3 is 2.95 bits per heavy atom. The van der Waals surface area contributed by atoms with Gasteiger partial charge in [-0.2, -0.15) is 11.8 Å². The monoisotopic (exact) mass is 354 g/mol. The molecule has 0 aliphatic carbocycles. The number of thioether (sulfide) groups is 1. The summed E-state index contributed by atoms with van der Waals surface area (Å²) in [6.45, 7) is 0.743. The Labute approximate surface area is 132 Å². The third-order valence-corrected chi connectivity index (χ3v) is 5.58. The van der Waals surface area contributed by atoms with Gasteiger partial charge in [0.2, 0.25) is 0 Å². The van der Waals surface area contributed by atoms with Crippen LogP contribution < -0.4 is 4.74 Å². The van der Waals surface area contributed by atoms with E-state index in [9.17, 15) is 4.79 Å². The number of ketones is 1. The molecule has 0 N–H and O–H groups in total. The minimum Gasteiger partial charge on any atom is -0.493 e. The lowest BCUT2D eigenvalue weighted by atomic mass is 9.93. The lowest BCUT2D eigenvalue weighted by Crippen LogP contribution is -2.15. The molecule has 0 spiro atoms. The van der Waals surface area contributed by atoms with Gasteiger partial charge in [-0.05, 0) is 48.0 Å². The Bertz CT molecular complexity index is 509. The summed E-state index contributed by atoms with van der Waals surface area (Å²) in [5.74, 6) is 4.35. The lowest BCUT2D eigenvalue weighted by Gasteiger charge is -2.20. The summed E-state index contributed by atoms with van der Waals surface area (Å²) < 4.78 is 6.75. The van der Waals surface area contributed by atoms with Crippen LogP contribution in [0.5, 0.6) is 5.75 Å². The molecule has 2 heterocycles. The van der Waals surface area contributed by atoms with Crippen molar-refractivity contribution >= 4 is 33.5 Å². The number of fused-ring (bicyclic) bond motifs is 1. The molecule has 108 valence electrons. The van der Waals surface area contributed by atoms with Crippen molar-refractivity contribution in [3.63, 3.8) is 0 Å². The van der Waals surface area contributed by atoms with Crippen LogP contribution in [0.25, 0.3) is 0 Å². The van der Waals surface area contributed by atoms with Crippen LogP contribution in [0.15, 0.2) is 16.6 Å². The Kier molecular flexibility index (Phi) is 4.72.